The molecule has 1 N–H and O–H groups in total. The summed E-state index contributed by atoms with van der Waals surface area (Å²) in [6.07, 6.45) is 5.61. The molecule has 0 radical (unpaired) electrons. The van der Waals surface area contributed by atoms with Crippen LogP contribution in [0.4, 0.5) is 0 Å². The molecule has 2 unspecified atom stereocenters. The maximum absolute atomic E-state index is 5.73. The molecule has 0 aromatic carbocycles. The van der Waals surface area contributed by atoms with Gasteiger partial charge in [-0.25, -0.2) is 0 Å². The molecule has 3 nitrogen and oxygen atoms in total. The van der Waals surface area contributed by atoms with Gasteiger partial charge in [0.2, 0.25) is 0 Å². The van der Waals surface area contributed by atoms with Crippen molar-refractivity contribution in [1.29, 1.82) is 0 Å². The molecule has 1 rings (SSSR count). The molecule has 3 heteroatoms. The molecule has 0 fully saturated rings. The average molecular weight is 227 g/mol. The maximum atomic E-state index is 5.73. The van der Waals surface area contributed by atoms with Gasteiger partial charge in [-0.1, -0.05) is 13.8 Å². The number of methoxy groups -OCH3 is 1. The molecule has 0 aromatic heterocycles. The van der Waals surface area contributed by atoms with E-state index < -0.39 is 0 Å². The lowest BCUT2D eigenvalue weighted by Crippen LogP contribution is -2.35. The second kappa shape index (κ2) is 7.69. The van der Waals surface area contributed by atoms with E-state index in [0.717, 1.165) is 44.8 Å². The summed E-state index contributed by atoms with van der Waals surface area (Å²) in [7, 11) is 1.76. The van der Waals surface area contributed by atoms with Gasteiger partial charge in [0.1, 0.15) is 5.76 Å². The van der Waals surface area contributed by atoms with Crippen LogP contribution in [0, 0.1) is 5.92 Å². The van der Waals surface area contributed by atoms with E-state index in [-0.39, 0.29) is 0 Å². The van der Waals surface area contributed by atoms with Gasteiger partial charge in [0, 0.05) is 13.7 Å². The van der Waals surface area contributed by atoms with Crippen LogP contribution >= 0.6 is 0 Å². The molecule has 0 saturated heterocycles. The van der Waals surface area contributed by atoms with Crippen LogP contribution in [0.3, 0.4) is 0 Å². The van der Waals surface area contributed by atoms with Gasteiger partial charge >= 0.3 is 0 Å². The molecule has 0 bridgehead atoms. The van der Waals surface area contributed by atoms with Crippen molar-refractivity contribution in [2.75, 3.05) is 26.9 Å². The van der Waals surface area contributed by atoms with E-state index in [2.05, 4.69) is 25.2 Å². The van der Waals surface area contributed by atoms with E-state index in [1.54, 1.807) is 7.11 Å². The zero-order chi connectivity index (χ0) is 11.8. The Kier molecular flexibility index (Phi) is 6.50. The fraction of sp³-hybridized carbons (Fsp3) is 0.846. The van der Waals surface area contributed by atoms with Crippen molar-refractivity contribution in [2.45, 2.75) is 39.2 Å². The lowest BCUT2D eigenvalue weighted by atomic mass is 9.99. The number of hydrogen-bond donors (Lipinski definition) is 1. The van der Waals surface area contributed by atoms with Crippen LogP contribution in [-0.2, 0) is 9.47 Å². The van der Waals surface area contributed by atoms with Crippen LogP contribution in [0.5, 0.6) is 0 Å². The summed E-state index contributed by atoms with van der Waals surface area (Å²) in [5, 5.41) is 3.49. The second-order valence-corrected chi connectivity index (χ2v) is 4.50. The van der Waals surface area contributed by atoms with Crippen molar-refractivity contribution >= 4 is 0 Å². The Morgan fingerprint density at radius 1 is 1.56 bits per heavy atom. The maximum Gasteiger partial charge on any atom is 0.109 e. The van der Waals surface area contributed by atoms with Gasteiger partial charge in [0.15, 0.2) is 0 Å². The quantitative estimate of drug-likeness (QED) is 0.724. The van der Waals surface area contributed by atoms with Crippen molar-refractivity contribution in [3.05, 3.63) is 11.8 Å². The summed E-state index contributed by atoms with van der Waals surface area (Å²) >= 11 is 0. The van der Waals surface area contributed by atoms with Crippen LogP contribution in [-0.4, -0.2) is 32.9 Å². The summed E-state index contributed by atoms with van der Waals surface area (Å²) in [4.78, 5) is 0. The summed E-state index contributed by atoms with van der Waals surface area (Å²) in [5.41, 5.74) is 0. The number of hydrogen-bond acceptors (Lipinski definition) is 3. The smallest absolute Gasteiger partial charge is 0.109 e. The number of likely N-dealkylation sites (N-methyl/N-ethyl adjacent to an activating group) is 1. The predicted octanol–water partition coefficient (Wildman–Crippen LogP) is 2.33. The number of allylic oxidation sites excluding steroid dienone is 1. The first kappa shape index (κ1) is 13.5. The minimum atomic E-state index is 0.357. The molecule has 94 valence electrons. The highest BCUT2D eigenvalue weighted by Crippen LogP contribution is 2.19. The highest BCUT2D eigenvalue weighted by atomic mass is 16.5. The zero-order valence-electron chi connectivity index (χ0n) is 10.8. The molecule has 0 amide bonds. The molecule has 1 aliphatic rings. The topological polar surface area (TPSA) is 30.5 Å². The fourth-order valence-electron chi connectivity index (χ4n) is 2.12. The molecule has 0 spiro atoms. The standard InChI is InChI=1S/C13H25NO2/c1-4-14-12(9-11(2)10-15-3)13-7-5-6-8-16-13/h7,11-12,14H,4-6,8-10H2,1-3H3. The van der Waals surface area contributed by atoms with Gasteiger partial charge in [0.05, 0.1) is 12.6 Å². The molecule has 0 aromatic rings. The van der Waals surface area contributed by atoms with Crippen LogP contribution < -0.4 is 5.32 Å². The summed E-state index contributed by atoms with van der Waals surface area (Å²) in [5.74, 6) is 1.69. The molecule has 0 saturated carbocycles. The van der Waals surface area contributed by atoms with E-state index >= 15 is 0 Å². The third-order valence-corrected chi connectivity index (χ3v) is 2.85. The minimum absolute atomic E-state index is 0.357. The highest BCUT2D eigenvalue weighted by Gasteiger charge is 2.19. The molecule has 1 heterocycles. The van der Waals surface area contributed by atoms with Crippen LogP contribution in [0.2, 0.25) is 0 Å². The molecule has 2 atom stereocenters. The van der Waals surface area contributed by atoms with Crippen molar-refractivity contribution in [3.63, 3.8) is 0 Å². The Balaban J connectivity index is 2.48. The molecular formula is C13H25NO2. The Bertz CT molecular complexity index is 216. The van der Waals surface area contributed by atoms with Gasteiger partial charge < -0.3 is 14.8 Å². The number of rotatable bonds is 7. The van der Waals surface area contributed by atoms with E-state index in [4.69, 9.17) is 9.47 Å². The van der Waals surface area contributed by atoms with Gasteiger partial charge in [-0.05, 0) is 37.8 Å². The first-order valence-corrected chi connectivity index (χ1v) is 6.33. The molecular weight excluding hydrogens is 202 g/mol. The first-order valence-electron chi connectivity index (χ1n) is 6.33. The summed E-state index contributed by atoms with van der Waals surface area (Å²) in [6.45, 7) is 7.02. The van der Waals surface area contributed by atoms with Gasteiger partial charge in [0.25, 0.3) is 0 Å². The van der Waals surface area contributed by atoms with Crippen LogP contribution in [0.25, 0.3) is 0 Å². The second-order valence-electron chi connectivity index (χ2n) is 4.50. The Labute approximate surface area is 99.2 Å². The van der Waals surface area contributed by atoms with Crippen molar-refractivity contribution in [3.8, 4) is 0 Å². The monoisotopic (exact) mass is 227 g/mol. The largest absolute Gasteiger partial charge is 0.497 e. The Morgan fingerprint density at radius 3 is 2.94 bits per heavy atom. The number of nitrogens with one attached hydrogen (secondary N) is 1. The first-order chi connectivity index (χ1) is 7.77. The van der Waals surface area contributed by atoms with Crippen LogP contribution in [0.15, 0.2) is 11.8 Å². The minimum Gasteiger partial charge on any atom is -0.497 e. The predicted molar refractivity (Wildman–Crippen MR) is 66.4 cm³/mol. The van der Waals surface area contributed by atoms with Crippen molar-refractivity contribution in [2.24, 2.45) is 5.92 Å². The summed E-state index contributed by atoms with van der Waals surface area (Å²) < 4.78 is 10.9. The molecule has 0 aliphatic carbocycles. The SMILES string of the molecule is CCNC(CC(C)COC)C1=CCCCO1. The van der Waals surface area contributed by atoms with E-state index in [1.165, 1.54) is 0 Å². The number of ether oxygens (including phenoxy) is 2. The summed E-state index contributed by atoms with van der Waals surface area (Å²) in [6, 6.07) is 0.357. The van der Waals surface area contributed by atoms with E-state index in [1.807, 2.05) is 0 Å². The van der Waals surface area contributed by atoms with Gasteiger partial charge in [-0.2, -0.15) is 0 Å². The molecule has 1 aliphatic heterocycles. The van der Waals surface area contributed by atoms with Gasteiger partial charge in [-0.15, -0.1) is 0 Å². The van der Waals surface area contributed by atoms with Crippen molar-refractivity contribution in [1.82, 2.24) is 5.32 Å². The van der Waals surface area contributed by atoms with Crippen molar-refractivity contribution < 1.29 is 9.47 Å². The van der Waals surface area contributed by atoms with E-state index in [9.17, 15) is 0 Å². The van der Waals surface area contributed by atoms with Gasteiger partial charge in [-0.3, -0.25) is 0 Å². The third kappa shape index (κ3) is 4.54. The van der Waals surface area contributed by atoms with E-state index in [0.29, 0.717) is 12.0 Å². The fourth-order valence-corrected chi connectivity index (χ4v) is 2.12. The lowest BCUT2D eigenvalue weighted by Gasteiger charge is -2.26. The zero-order valence-corrected chi connectivity index (χ0v) is 10.8. The lowest BCUT2D eigenvalue weighted by molar-refractivity contribution is 0.131. The van der Waals surface area contributed by atoms with Crippen LogP contribution in [0.1, 0.15) is 33.1 Å². The highest BCUT2D eigenvalue weighted by molar-refractivity contribution is 5.05. The average Bonchev–Trinajstić information content (AvgIpc) is 2.30. The third-order valence-electron chi connectivity index (χ3n) is 2.85. The Morgan fingerprint density at radius 2 is 2.38 bits per heavy atom. The normalized spacial score (nSPS) is 19.8. The molecule has 16 heavy (non-hydrogen) atoms. The Hall–Kier alpha value is -0.540.